The molecule has 11 heteroatoms. The number of hydrogen-bond donors (Lipinski definition) is 1. The number of rotatable bonds is 6. The van der Waals surface area contributed by atoms with Gasteiger partial charge in [0.25, 0.3) is 10.0 Å². The van der Waals surface area contributed by atoms with Gasteiger partial charge in [-0.2, -0.15) is 0 Å². The largest absolute Gasteiger partial charge is 0.370 e. The van der Waals surface area contributed by atoms with Crippen molar-refractivity contribution in [3.8, 4) is 0 Å². The average molecular weight is 520 g/mol. The SMILES string of the molecule is O=S(=O)(Nc1cccc(Cl)n1)c1c(Cl)cc(N2CCC(CN3CC4CC3C4)C2)c(Cl)c1F. The molecule has 6 rings (SSSR count). The number of benzene rings is 1. The summed E-state index contributed by atoms with van der Waals surface area (Å²) in [4.78, 5) is 7.72. The minimum absolute atomic E-state index is 0.0460. The predicted octanol–water partition coefficient (Wildman–Crippen LogP) is 4.90. The number of nitrogens with zero attached hydrogens (tertiary/aromatic N) is 3. The summed E-state index contributed by atoms with van der Waals surface area (Å²) in [7, 11) is -4.37. The number of pyridine rings is 1. The van der Waals surface area contributed by atoms with Crippen molar-refractivity contribution in [2.75, 3.05) is 35.8 Å². The van der Waals surface area contributed by atoms with Gasteiger partial charge in [-0.3, -0.25) is 9.62 Å². The van der Waals surface area contributed by atoms with Crippen LogP contribution in [0.2, 0.25) is 15.2 Å². The summed E-state index contributed by atoms with van der Waals surface area (Å²) in [6, 6.07) is 6.59. The maximum atomic E-state index is 15.2. The highest BCUT2D eigenvalue weighted by Gasteiger charge is 2.43. The number of nitrogens with one attached hydrogen (secondary N) is 1. The van der Waals surface area contributed by atoms with Crippen molar-refractivity contribution < 1.29 is 12.8 Å². The summed E-state index contributed by atoms with van der Waals surface area (Å²) in [6.07, 6.45) is 3.61. The van der Waals surface area contributed by atoms with E-state index in [1.165, 1.54) is 43.7 Å². The van der Waals surface area contributed by atoms with Crippen LogP contribution in [0.4, 0.5) is 15.9 Å². The number of anilines is 2. The molecule has 32 heavy (non-hydrogen) atoms. The number of halogens is 4. The zero-order valence-corrected chi connectivity index (χ0v) is 20.2. The molecule has 2 bridgehead atoms. The Balaban J connectivity index is 1.35. The lowest BCUT2D eigenvalue weighted by molar-refractivity contribution is 0.220. The predicted molar refractivity (Wildman–Crippen MR) is 125 cm³/mol. The molecule has 172 valence electrons. The first-order valence-corrected chi connectivity index (χ1v) is 13.1. The summed E-state index contributed by atoms with van der Waals surface area (Å²) in [6.45, 7) is 3.68. The zero-order valence-electron chi connectivity index (χ0n) is 17.1. The first-order valence-electron chi connectivity index (χ1n) is 10.5. The van der Waals surface area contributed by atoms with E-state index in [1.54, 1.807) is 0 Å². The Morgan fingerprint density at radius 3 is 2.66 bits per heavy atom. The van der Waals surface area contributed by atoms with Crippen molar-refractivity contribution in [3.05, 3.63) is 45.3 Å². The number of aromatic nitrogens is 1. The molecule has 2 aromatic rings. The minimum Gasteiger partial charge on any atom is -0.370 e. The van der Waals surface area contributed by atoms with Gasteiger partial charge in [-0.15, -0.1) is 0 Å². The Morgan fingerprint density at radius 1 is 1.19 bits per heavy atom. The molecule has 1 aromatic carbocycles. The van der Waals surface area contributed by atoms with Crippen molar-refractivity contribution >= 4 is 56.3 Å². The number of hydrogen-bond acceptors (Lipinski definition) is 5. The van der Waals surface area contributed by atoms with Gasteiger partial charge in [0.1, 0.15) is 20.9 Å². The molecular formula is C21H22Cl3FN4O2S. The Kier molecular flexibility index (Phi) is 5.95. The molecule has 1 aromatic heterocycles. The van der Waals surface area contributed by atoms with Gasteiger partial charge >= 0.3 is 0 Å². The van der Waals surface area contributed by atoms with E-state index in [-0.39, 0.29) is 21.0 Å². The topological polar surface area (TPSA) is 65.5 Å². The highest BCUT2D eigenvalue weighted by molar-refractivity contribution is 7.92. The number of fused-ring (bicyclic) bond motifs is 1. The second-order valence-electron chi connectivity index (χ2n) is 8.83. The Bertz CT molecular complexity index is 1160. The van der Waals surface area contributed by atoms with Crippen molar-refractivity contribution in [2.45, 2.75) is 30.2 Å². The first kappa shape index (κ1) is 22.5. The van der Waals surface area contributed by atoms with E-state index < -0.39 is 20.7 Å². The lowest BCUT2D eigenvalue weighted by Crippen LogP contribution is -2.34. The fourth-order valence-electron chi connectivity index (χ4n) is 5.08. The monoisotopic (exact) mass is 518 g/mol. The maximum Gasteiger partial charge on any atom is 0.267 e. The molecule has 0 spiro atoms. The van der Waals surface area contributed by atoms with Crippen LogP contribution in [-0.4, -0.2) is 50.5 Å². The van der Waals surface area contributed by atoms with E-state index >= 15 is 4.39 Å². The summed E-state index contributed by atoms with van der Waals surface area (Å²) >= 11 is 18.4. The normalized spacial score (nSPS) is 25.2. The lowest BCUT2D eigenvalue weighted by Gasteiger charge is -2.28. The first-order chi connectivity index (χ1) is 15.2. The van der Waals surface area contributed by atoms with Crippen LogP contribution in [0.1, 0.15) is 19.3 Å². The van der Waals surface area contributed by atoms with E-state index in [2.05, 4.69) is 14.6 Å². The third kappa shape index (κ3) is 4.16. The van der Waals surface area contributed by atoms with Crippen LogP contribution in [0.3, 0.4) is 0 Å². The van der Waals surface area contributed by atoms with Gasteiger partial charge in [0, 0.05) is 32.2 Å². The Hall–Kier alpha value is -1.32. The lowest BCUT2D eigenvalue weighted by atomic mass is 9.86. The van der Waals surface area contributed by atoms with Crippen molar-refractivity contribution in [3.63, 3.8) is 0 Å². The van der Waals surface area contributed by atoms with Crippen LogP contribution >= 0.6 is 34.8 Å². The van der Waals surface area contributed by atoms with Crippen molar-refractivity contribution in [2.24, 2.45) is 11.8 Å². The van der Waals surface area contributed by atoms with Gasteiger partial charge in [-0.1, -0.05) is 40.9 Å². The summed E-state index contributed by atoms with van der Waals surface area (Å²) in [5.74, 6) is 0.208. The van der Waals surface area contributed by atoms with Crippen LogP contribution < -0.4 is 9.62 Å². The third-order valence-corrected chi connectivity index (χ3v) is 9.05. The van der Waals surface area contributed by atoms with Crippen LogP contribution in [0.25, 0.3) is 0 Å². The molecule has 0 amide bonds. The summed E-state index contributed by atoms with van der Waals surface area (Å²) in [5, 5.41) is -0.391. The summed E-state index contributed by atoms with van der Waals surface area (Å²) < 4.78 is 43.1. The molecule has 4 heterocycles. The molecule has 4 fully saturated rings. The van der Waals surface area contributed by atoms with Gasteiger partial charge in [0.05, 0.1) is 10.7 Å². The van der Waals surface area contributed by atoms with Crippen molar-refractivity contribution in [1.29, 1.82) is 0 Å². The molecule has 1 saturated carbocycles. The molecule has 6 nitrogen and oxygen atoms in total. The van der Waals surface area contributed by atoms with E-state index in [0.717, 1.165) is 38.0 Å². The van der Waals surface area contributed by atoms with E-state index in [9.17, 15) is 8.42 Å². The molecule has 0 radical (unpaired) electrons. The molecule has 1 aliphatic carbocycles. The number of sulfonamides is 1. The second kappa shape index (κ2) is 8.47. The second-order valence-corrected chi connectivity index (χ2v) is 11.6. The van der Waals surface area contributed by atoms with Crippen molar-refractivity contribution in [1.82, 2.24) is 9.88 Å². The Labute approximate surface area is 201 Å². The molecule has 4 aliphatic rings. The summed E-state index contributed by atoms with van der Waals surface area (Å²) in [5.41, 5.74) is 0.419. The highest BCUT2D eigenvalue weighted by Crippen LogP contribution is 2.43. The van der Waals surface area contributed by atoms with Gasteiger partial charge in [-0.05, 0) is 49.3 Å². The Morgan fingerprint density at radius 2 is 1.97 bits per heavy atom. The quantitative estimate of drug-likeness (QED) is 0.434. The van der Waals surface area contributed by atoms with E-state index in [0.29, 0.717) is 11.6 Å². The van der Waals surface area contributed by atoms with Gasteiger partial charge in [-0.25, -0.2) is 17.8 Å². The highest BCUT2D eigenvalue weighted by atomic mass is 35.5. The third-order valence-electron chi connectivity index (χ3n) is 6.66. The minimum atomic E-state index is -4.37. The molecule has 1 N–H and O–H groups in total. The molecular weight excluding hydrogens is 498 g/mol. The standard InChI is InChI=1S/C21H22Cl3FN4O2S/c22-15-8-16(28-5-4-12(9-28)10-29-11-13-6-14(29)7-13)19(24)20(25)21(15)32(30,31)27-18-3-1-2-17(23)26-18/h1-3,8,12-14H,4-7,9-11H2,(H,26,27). The molecule has 1 unspecified atom stereocenters. The van der Waals surface area contributed by atoms with Gasteiger partial charge in [0.15, 0.2) is 5.82 Å². The fraction of sp³-hybridized carbons (Fsp3) is 0.476. The van der Waals surface area contributed by atoms with E-state index in [4.69, 9.17) is 34.8 Å². The zero-order chi connectivity index (χ0) is 22.6. The van der Waals surface area contributed by atoms with E-state index in [1.807, 2.05) is 4.90 Å². The maximum absolute atomic E-state index is 15.2. The van der Waals surface area contributed by atoms with Crippen LogP contribution in [0.5, 0.6) is 0 Å². The van der Waals surface area contributed by atoms with Gasteiger partial charge in [0.2, 0.25) is 0 Å². The van der Waals surface area contributed by atoms with Crippen LogP contribution in [-0.2, 0) is 10.0 Å². The smallest absolute Gasteiger partial charge is 0.267 e. The molecule has 3 aliphatic heterocycles. The van der Waals surface area contributed by atoms with Gasteiger partial charge < -0.3 is 4.90 Å². The van der Waals surface area contributed by atoms with Crippen LogP contribution in [0.15, 0.2) is 29.2 Å². The fourth-order valence-corrected chi connectivity index (χ4v) is 7.20. The molecule has 3 saturated heterocycles. The molecule has 1 atom stereocenters. The average Bonchev–Trinajstić information content (AvgIpc) is 3.40. The van der Waals surface area contributed by atoms with Crippen LogP contribution in [0, 0.1) is 17.7 Å².